The Balaban J connectivity index is 1.41. The Morgan fingerprint density at radius 1 is 0.926 bits per heavy atom. The van der Waals surface area contributed by atoms with Crippen LogP contribution in [0, 0.1) is 0 Å². The van der Waals surface area contributed by atoms with Gasteiger partial charge in [-0.3, -0.25) is 4.79 Å². The van der Waals surface area contributed by atoms with E-state index in [1.54, 1.807) is 36.3 Å². The molecule has 2 aromatic carbocycles. The first-order valence-corrected chi connectivity index (χ1v) is 18.8. The minimum atomic E-state index is -0.602. The Morgan fingerprint density at radius 2 is 1.69 bits per heavy atom. The molecule has 11 heteroatoms. The zero-order valence-electron chi connectivity index (χ0n) is 30.9. The van der Waals surface area contributed by atoms with E-state index >= 15 is 0 Å². The number of carbonyl (C=O) groups is 3. The molecule has 0 bridgehead atoms. The second-order valence-electron chi connectivity index (χ2n) is 12.0. The van der Waals surface area contributed by atoms with Crippen LogP contribution in [0.3, 0.4) is 0 Å². The van der Waals surface area contributed by atoms with Gasteiger partial charge < -0.3 is 18.9 Å². The number of thiazole rings is 1. The van der Waals surface area contributed by atoms with Crippen LogP contribution in [0.25, 0.3) is 12.2 Å². The molecule has 0 atom stereocenters. The van der Waals surface area contributed by atoms with Crippen molar-refractivity contribution >= 4 is 52.7 Å². The molecule has 0 aliphatic heterocycles. The van der Waals surface area contributed by atoms with Crippen molar-refractivity contribution in [3.8, 4) is 11.5 Å². The molecule has 0 unspecified atom stereocenters. The summed E-state index contributed by atoms with van der Waals surface area (Å²) in [6.45, 7) is 10.2. The maximum absolute atomic E-state index is 13.4. The lowest BCUT2D eigenvalue weighted by atomic mass is 10.1. The Morgan fingerprint density at radius 3 is 2.43 bits per heavy atom. The molecule has 0 amide bonds. The number of anilines is 1. The van der Waals surface area contributed by atoms with Crippen LogP contribution >= 0.6 is 11.3 Å². The van der Waals surface area contributed by atoms with Gasteiger partial charge in [-0.2, -0.15) is 5.10 Å². The van der Waals surface area contributed by atoms with Gasteiger partial charge in [0.15, 0.2) is 0 Å². The summed E-state index contributed by atoms with van der Waals surface area (Å²) in [7, 11) is 1.78. The number of aromatic nitrogens is 1. The fraction of sp³-hybridized carbons (Fsp3) is 0.279. The van der Waals surface area contributed by atoms with E-state index in [0.29, 0.717) is 36.8 Å². The lowest BCUT2D eigenvalue weighted by molar-refractivity contribution is -0.138. The summed E-state index contributed by atoms with van der Waals surface area (Å²) in [4.78, 5) is 43.0. The van der Waals surface area contributed by atoms with Crippen LogP contribution in [0.2, 0.25) is 0 Å². The number of esters is 3. The summed E-state index contributed by atoms with van der Waals surface area (Å²) in [5.41, 5.74) is 2.40. The summed E-state index contributed by atoms with van der Waals surface area (Å²) >= 11 is 1.51. The number of hydrogen-bond donors (Lipinski definition) is 0. The van der Waals surface area contributed by atoms with Crippen molar-refractivity contribution < 1.29 is 33.3 Å². The normalized spacial score (nSPS) is 12.5. The van der Waals surface area contributed by atoms with Crippen molar-refractivity contribution in [2.24, 2.45) is 5.10 Å². The van der Waals surface area contributed by atoms with Gasteiger partial charge in [0.05, 0.1) is 47.8 Å². The van der Waals surface area contributed by atoms with Crippen LogP contribution in [-0.4, -0.2) is 49.4 Å². The molecule has 3 aromatic rings. The number of carbonyl (C=O) groups excluding carboxylic acids is 3. The number of hydrogen-bond acceptors (Lipinski definition) is 11. The van der Waals surface area contributed by atoms with Crippen LogP contribution in [-0.2, 0) is 30.3 Å². The quantitative estimate of drug-likeness (QED) is 0.0154. The SMILES string of the molecule is C=CC(=O)OCCCCCCO/C(=C/C/C=C(\C=C)C(=O)Oc1ccc(OC(=O)Cc2ccccc2)cc1/C=N/N(C)c1nc2c(s1)C=CCC=C2)CC. The third kappa shape index (κ3) is 13.6. The summed E-state index contributed by atoms with van der Waals surface area (Å²) in [6.07, 6.45) is 21.7. The van der Waals surface area contributed by atoms with E-state index in [-0.39, 0.29) is 23.5 Å². The van der Waals surface area contributed by atoms with Crippen molar-refractivity contribution in [1.29, 1.82) is 0 Å². The zero-order chi connectivity index (χ0) is 38.5. The van der Waals surface area contributed by atoms with E-state index in [9.17, 15) is 14.4 Å². The lowest BCUT2D eigenvalue weighted by Gasteiger charge is -2.12. The lowest BCUT2D eigenvalue weighted by Crippen LogP contribution is -2.14. The van der Waals surface area contributed by atoms with E-state index in [2.05, 4.69) is 30.4 Å². The van der Waals surface area contributed by atoms with Gasteiger partial charge in [-0.1, -0.05) is 86.1 Å². The van der Waals surface area contributed by atoms with Crippen LogP contribution in [0.15, 0.2) is 115 Å². The molecule has 282 valence electrons. The van der Waals surface area contributed by atoms with Gasteiger partial charge in [0, 0.05) is 25.1 Å². The first kappa shape index (κ1) is 41.0. The van der Waals surface area contributed by atoms with Gasteiger partial charge in [-0.25, -0.2) is 19.6 Å². The Bertz CT molecular complexity index is 1880. The molecule has 54 heavy (non-hydrogen) atoms. The highest BCUT2D eigenvalue weighted by Gasteiger charge is 2.16. The van der Waals surface area contributed by atoms with E-state index in [1.165, 1.54) is 23.6 Å². The molecule has 0 spiro atoms. The number of unbranched alkanes of at least 4 members (excludes halogenated alkanes) is 3. The highest BCUT2D eigenvalue weighted by molar-refractivity contribution is 7.16. The van der Waals surface area contributed by atoms with Crippen LogP contribution in [0.1, 0.15) is 73.6 Å². The van der Waals surface area contributed by atoms with Gasteiger partial charge >= 0.3 is 17.9 Å². The fourth-order valence-corrected chi connectivity index (χ4v) is 5.98. The molecular weight excluding hydrogens is 703 g/mol. The number of fused-ring (bicyclic) bond motifs is 1. The van der Waals surface area contributed by atoms with Crippen molar-refractivity contribution in [1.82, 2.24) is 4.98 Å². The van der Waals surface area contributed by atoms with Crippen LogP contribution in [0.4, 0.5) is 5.13 Å². The minimum absolute atomic E-state index is 0.102. The molecule has 4 rings (SSSR count). The highest BCUT2D eigenvalue weighted by atomic mass is 32.1. The molecule has 1 aromatic heterocycles. The largest absolute Gasteiger partial charge is 0.498 e. The first-order valence-electron chi connectivity index (χ1n) is 18.0. The van der Waals surface area contributed by atoms with Crippen LogP contribution in [0.5, 0.6) is 11.5 Å². The van der Waals surface area contributed by atoms with Gasteiger partial charge in [0.1, 0.15) is 11.5 Å². The summed E-state index contributed by atoms with van der Waals surface area (Å²) in [6, 6.07) is 14.1. The number of nitrogens with zero attached hydrogens (tertiary/aromatic N) is 3. The van der Waals surface area contributed by atoms with Crippen molar-refractivity contribution in [3.63, 3.8) is 0 Å². The monoisotopic (exact) mass is 749 g/mol. The molecule has 1 aliphatic carbocycles. The molecule has 0 saturated heterocycles. The number of benzene rings is 2. The smallest absolute Gasteiger partial charge is 0.343 e. The number of allylic oxidation sites excluding steroid dienone is 5. The Hall–Kier alpha value is -5.81. The fourth-order valence-electron chi connectivity index (χ4n) is 5.08. The molecule has 0 fully saturated rings. The molecule has 1 heterocycles. The van der Waals surface area contributed by atoms with E-state index in [4.69, 9.17) is 23.9 Å². The van der Waals surface area contributed by atoms with Gasteiger partial charge in [0.2, 0.25) is 5.13 Å². The second kappa shape index (κ2) is 22.3. The standard InChI is InChI=1S/C43H47N3O7S/c1-5-33(21-18-22-35(6-2)50-27-16-8-9-17-28-51-40(47)7-3)42(49)53-38-26-25-36(52-41(48)29-32-19-12-10-13-20-32)30-34(38)31-44-46(4)43-45-37-23-14-11-15-24-39(37)54-43/h5,7,10,12-15,19-26,30-31H,1,3,6,8-9,11,16-18,27-29H2,2,4H3/b33-21+,35-22+,44-31+. The molecule has 0 radical (unpaired) electrons. The number of rotatable bonds is 21. The van der Waals surface area contributed by atoms with Crippen LogP contribution < -0.4 is 14.5 Å². The molecule has 0 N–H and O–H groups in total. The van der Waals surface area contributed by atoms with Gasteiger partial charge in [-0.05, 0) is 80.5 Å². The predicted octanol–water partition coefficient (Wildman–Crippen LogP) is 9.20. The topological polar surface area (TPSA) is 117 Å². The highest BCUT2D eigenvalue weighted by Crippen LogP contribution is 2.30. The Labute approximate surface area is 321 Å². The van der Waals surface area contributed by atoms with Gasteiger partial charge in [-0.15, -0.1) is 0 Å². The Kier molecular flexibility index (Phi) is 16.9. The van der Waals surface area contributed by atoms with E-state index in [0.717, 1.165) is 60.1 Å². The molecular formula is C43H47N3O7S. The van der Waals surface area contributed by atoms with Crippen molar-refractivity contribution in [3.05, 3.63) is 131 Å². The van der Waals surface area contributed by atoms with E-state index < -0.39 is 17.9 Å². The third-order valence-electron chi connectivity index (χ3n) is 7.97. The second-order valence-corrected chi connectivity index (χ2v) is 13.0. The van der Waals surface area contributed by atoms with Crippen molar-refractivity contribution in [2.75, 3.05) is 25.3 Å². The summed E-state index contributed by atoms with van der Waals surface area (Å²) in [5, 5.41) is 6.91. The summed E-state index contributed by atoms with van der Waals surface area (Å²) < 4.78 is 22.4. The average Bonchev–Trinajstić information content (AvgIpc) is 3.46. The first-order chi connectivity index (χ1) is 26.3. The maximum atomic E-state index is 13.4. The van der Waals surface area contributed by atoms with Gasteiger partial charge in [0.25, 0.3) is 0 Å². The zero-order valence-corrected chi connectivity index (χ0v) is 31.7. The number of ether oxygens (including phenoxy) is 4. The number of hydrazone groups is 1. The average molecular weight is 750 g/mol. The maximum Gasteiger partial charge on any atom is 0.343 e. The molecule has 1 aliphatic rings. The summed E-state index contributed by atoms with van der Waals surface area (Å²) in [5.74, 6) is -0.106. The predicted molar refractivity (Wildman–Crippen MR) is 216 cm³/mol. The minimum Gasteiger partial charge on any atom is -0.498 e. The third-order valence-corrected chi connectivity index (χ3v) is 9.07. The molecule has 0 saturated carbocycles. The van der Waals surface area contributed by atoms with Crippen molar-refractivity contribution in [2.45, 2.75) is 58.3 Å². The van der Waals surface area contributed by atoms with E-state index in [1.807, 2.05) is 55.5 Å². The molecule has 10 nitrogen and oxygen atoms in total.